The molecule has 0 bridgehead atoms. The van der Waals surface area contributed by atoms with Gasteiger partial charge in [0.05, 0.1) is 5.75 Å². The molecule has 1 atom stereocenters. The Balaban J connectivity index is 2.81. The van der Waals surface area contributed by atoms with Crippen LogP contribution in [0.1, 0.15) is 12.5 Å². The molecule has 1 aromatic carbocycles. The Hall–Kier alpha value is -1.11. The maximum absolute atomic E-state index is 11.6. The average molecular weight is 278 g/mol. The lowest BCUT2D eigenvalue weighted by molar-refractivity contribution is -0.138. The number of benzene rings is 1. The minimum atomic E-state index is -3.72. The lowest BCUT2D eigenvalue weighted by Gasteiger charge is -2.10. The molecule has 0 saturated heterocycles. The molecule has 0 aliphatic rings. The summed E-state index contributed by atoms with van der Waals surface area (Å²) in [6.07, 6.45) is 0. The average Bonchev–Trinajstić information content (AvgIpc) is 2.20. The van der Waals surface area contributed by atoms with Gasteiger partial charge in [-0.1, -0.05) is 29.8 Å². The third-order valence-electron chi connectivity index (χ3n) is 2.03. The normalized spacial score (nSPS) is 13.3. The Kier molecular flexibility index (Phi) is 4.50. The van der Waals surface area contributed by atoms with E-state index in [9.17, 15) is 13.2 Å². The van der Waals surface area contributed by atoms with E-state index in [1.807, 2.05) is 4.72 Å². The molecule has 1 rings (SSSR count). The third-order valence-corrected chi connectivity index (χ3v) is 3.80. The van der Waals surface area contributed by atoms with Crippen molar-refractivity contribution in [1.82, 2.24) is 4.72 Å². The van der Waals surface area contributed by atoms with Gasteiger partial charge in [-0.15, -0.1) is 0 Å². The van der Waals surface area contributed by atoms with Crippen LogP contribution >= 0.6 is 11.6 Å². The fourth-order valence-electron chi connectivity index (χ4n) is 1.18. The van der Waals surface area contributed by atoms with Gasteiger partial charge in [-0.3, -0.25) is 4.79 Å². The highest BCUT2D eigenvalue weighted by Gasteiger charge is 2.20. The van der Waals surface area contributed by atoms with Gasteiger partial charge in [0.25, 0.3) is 0 Å². The van der Waals surface area contributed by atoms with Gasteiger partial charge >= 0.3 is 5.97 Å². The van der Waals surface area contributed by atoms with Crippen molar-refractivity contribution < 1.29 is 18.3 Å². The number of carboxylic acids is 1. The van der Waals surface area contributed by atoms with Gasteiger partial charge in [0.1, 0.15) is 6.04 Å². The molecule has 0 saturated carbocycles. The van der Waals surface area contributed by atoms with Crippen LogP contribution in [0.3, 0.4) is 0 Å². The van der Waals surface area contributed by atoms with Crippen LogP contribution in [0.5, 0.6) is 0 Å². The molecule has 1 aromatic rings. The van der Waals surface area contributed by atoms with Gasteiger partial charge in [-0.2, -0.15) is 0 Å². The molecule has 7 heteroatoms. The van der Waals surface area contributed by atoms with Crippen molar-refractivity contribution in [2.75, 3.05) is 0 Å². The summed E-state index contributed by atoms with van der Waals surface area (Å²) < 4.78 is 25.3. The van der Waals surface area contributed by atoms with Crippen LogP contribution in [-0.4, -0.2) is 25.5 Å². The van der Waals surface area contributed by atoms with Gasteiger partial charge in [0, 0.05) is 5.02 Å². The quantitative estimate of drug-likeness (QED) is 0.848. The first kappa shape index (κ1) is 14.0. The highest BCUT2D eigenvalue weighted by molar-refractivity contribution is 7.88. The monoisotopic (exact) mass is 277 g/mol. The maximum Gasteiger partial charge on any atom is 0.321 e. The smallest absolute Gasteiger partial charge is 0.321 e. The van der Waals surface area contributed by atoms with Crippen molar-refractivity contribution in [1.29, 1.82) is 0 Å². The number of carboxylic acid groups (broad SMARTS) is 1. The van der Waals surface area contributed by atoms with Crippen LogP contribution in [0, 0.1) is 0 Å². The van der Waals surface area contributed by atoms with E-state index in [1.165, 1.54) is 6.92 Å². The molecule has 0 aliphatic heterocycles. The molecule has 0 unspecified atom stereocenters. The Morgan fingerprint density at radius 2 is 2.06 bits per heavy atom. The molecule has 2 N–H and O–H groups in total. The number of rotatable bonds is 5. The summed E-state index contributed by atoms with van der Waals surface area (Å²) in [5.41, 5.74) is 0.430. The second-order valence-corrected chi connectivity index (χ2v) is 5.69. The number of halogens is 1. The first-order chi connectivity index (χ1) is 7.82. The van der Waals surface area contributed by atoms with Crippen LogP contribution < -0.4 is 4.72 Å². The highest BCUT2D eigenvalue weighted by Crippen LogP contribution is 2.17. The SMILES string of the molecule is C[C@@H](NS(=O)(=O)Cc1ccccc1Cl)C(=O)O. The summed E-state index contributed by atoms with van der Waals surface area (Å²) >= 11 is 5.82. The third kappa shape index (κ3) is 4.33. The summed E-state index contributed by atoms with van der Waals surface area (Å²) in [6.45, 7) is 1.26. The Bertz CT molecular complexity index is 515. The van der Waals surface area contributed by atoms with Gasteiger partial charge in [-0.25, -0.2) is 13.1 Å². The van der Waals surface area contributed by atoms with Gasteiger partial charge < -0.3 is 5.11 Å². The molecule has 0 spiro atoms. The number of aliphatic carboxylic acids is 1. The predicted molar refractivity (Wildman–Crippen MR) is 64.3 cm³/mol. The molecule has 5 nitrogen and oxygen atoms in total. The van der Waals surface area contributed by atoms with Crippen molar-refractivity contribution in [3.63, 3.8) is 0 Å². The van der Waals surface area contributed by atoms with Gasteiger partial charge in [-0.05, 0) is 18.6 Å². The number of sulfonamides is 1. The standard InChI is InChI=1S/C10H12ClNO4S/c1-7(10(13)14)12-17(15,16)6-8-4-2-3-5-9(8)11/h2-5,7,12H,6H2,1H3,(H,13,14)/t7-/m1/s1. The van der Waals surface area contributed by atoms with E-state index < -0.39 is 22.0 Å². The van der Waals surface area contributed by atoms with Crippen LogP contribution in [-0.2, 0) is 20.6 Å². The van der Waals surface area contributed by atoms with Crippen molar-refractivity contribution >= 4 is 27.6 Å². The molecule has 0 aromatic heterocycles. The minimum absolute atomic E-state index is 0.334. The topological polar surface area (TPSA) is 83.5 Å². The summed E-state index contributed by atoms with van der Waals surface area (Å²) in [6, 6.07) is 5.34. The zero-order valence-electron chi connectivity index (χ0n) is 9.05. The van der Waals surface area contributed by atoms with Crippen molar-refractivity contribution in [2.45, 2.75) is 18.7 Å². The Morgan fingerprint density at radius 3 is 2.59 bits per heavy atom. The first-order valence-corrected chi connectivity index (χ1v) is 6.81. The number of hydrogen-bond acceptors (Lipinski definition) is 3. The van der Waals surface area contributed by atoms with Gasteiger partial charge in [0.2, 0.25) is 10.0 Å². The number of nitrogens with one attached hydrogen (secondary N) is 1. The second kappa shape index (κ2) is 5.48. The van der Waals surface area contributed by atoms with Crippen LogP contribution in [0.4, 0.5) is 0 Å². The van der Waals surface area contributed by atoms with E-state index in [4.69, 9.17) is 16.7 Å². The molecule has 0 amide bonds. The van der Waals surface area contributed by atoms with E-state index in [0.717, 1.165) is 0 Å². The molecule has 0 aliphatic carbocycles. The molecule has 0 fully saturated rings. The van der Waals surface area contributed by atoms with Crippen molar-refractivity contribution in [3.05, 3.63) is 34.9 Å². The zero-order valence-corrected chi connectivity index (χ0v) is 10.6. The second-order valence-electron chi connectivity index (χ2n) is 3.53. The van der Waals surface area contributed by atoms with Crippen LogP contribution in [0.25, 0.3) is 0 Å². The summed E-state index contributed by atoms with van der Waals surface area (Å²) in [5.74, 6) is -1.57. The Labute approximate surface area is 104 Å². The number of hydrogen-bond donors (Lipinski definition) is 2. The number of carbonyl (C=O) groups is 1. The van der Waals surface area contributed by atoms with E-state index >= 15 is 0 Å². The Morgan fingerprint density at radius 1 is 1.47 bits per heavy atom. The van der Waals surface area contributed by atoms with Crippen LogP contribution in [0.15, 0.2) is 24.3 Å². The zero-order chi connectivity index (χ0) is 13.1. The fraction of sp³-hybridized carbons (Fsp3) is 0.300. The van der Waals surface area contributed by atoms with Crippen molar-refractivity contribution in [3.8, 4) is 0 Å². The van der Waals surface area contributed by atoms with E-state index in [1.54, 1.807) is 24.3 Å². The lowest BCUT2D eigenvalue weighted by atomic mass is 10.2. The maximum atomic E-state index is 11.6. The molecule has 0 radical (unpaired) electrons. The molecule has 94 valence electrons. The first-order valence-electron chi connectivity index (χ1n) is 4.78. The summed E-state index contributed by atoms with van der Waals surface area (Å²) in [5, 5.41) is 8.95. The molecule has 0 heterocycles. The molecular weight excluding hydrogens is 266 g/mol. The minimum Gasteiger partial charge on any atom is -0.480 e. The predicted octanol–water partition coefficient (Wildman–Crippen LogP) is 1.23. The molecular formula is C10H12ClNO4S. The van der Waals surface area contributed by atoms with Crippen LogP contribution in [0.2, 0.25) is 5.02 Å². The van der Waals surface area contributed by atoms with E-state index in [2.05, 4.69) is 0 Å². The van der Waals surface area contributed by atoms with E-state index in [0.29, 0.717) is 10.6 Å². The molecule has 17 heavy (non-hydrogen) atoms. The largest absolute Gasteiger partial charge is 0.480 e. The lowest BCUT2D eigenvalue weighted by Crippen LogP contribution is -2.38. The summed E-state index contributed by atoms with van der Waals surface area (Å²) in [7, 11) is -3.72. The fourth-order valence-corrected chi connectivity index (χ4v) is 2.85. The highest BCUT2D eigenvalue weighted by atomic mass is 35.5. The van der Waals surface area contributed by atoms with E-state index in [-0.39, 0.29) is 5.75 Å². The summed E-state index contributed by atoms with van der Waals surface area (Å²) in [4.78, 5) is 10.5. The van der Waals surface area contributed by atoms with Gasteiger partial charge in [0.15, 0.2) is 0 Å². The van der Waals surface area contributed by atoms with Crippen molar-refractivity contribution in [2.24, 2.45) is 0 Å².